The van der Waals surface area contributed by atoms with E-state index in [0.717, 1.165) is 11.8 Å². The van der Waals surface area contributed by atoms with Gasteiger partial charge in [-0.25, -0.2) is 4.39 Å². The number of carbonyl (C=O) groups excluding carboxylic acids is 1. The van der Waals surface area contributed by atoms with Crippen LogP contribution in [0.25, 0.3) is 10.9 Å². The summed E-state index contributed by atoms with van der Waals surface area (Å²) in [6, 6.07) is 3.82. The van der Waals surface area contributed by atoms with Gasteiger partial charge in [-0.3, -0.25) is 19.0 Å². The Hall–Kier alpha value is -3.03. The minimum atomic E-state index is -0.645. The first-order valence-electron chi connectivity index (χ1n) is 7.85. The number of rotatable bonds is 3. The Morgan fingerprint density at radius 2 is 2.00 bits per heavy atom. The largest absolute Gasteiger partial charge is 0.317 e. The Morgan fingerprint density at radius 1 is 1.28 bits per heavy atom. The number of halogens is 1. The van der Waals surface area contributed by atoms with Crippen molar-refractivity contribution in [1.29, 1.82) is 0 Å². The van der Waals surface area contributed by atoms with Gasteiger partial charge in [-0.2, -0.15) is 10.2 Å². The highest BCUT2D eigenvalue weighted by Crippen LogP contribution is 2.20. The van der Waals surface area contributed by atoms with Crippen LogP contribution in [-0.2, 0) is 13.6 Å². The third-order valence-electron chi connectivity index (χ3n) is 4.15. The Labute approximate surface area is 143 Å². The zero-order valence-electron chi connectivity index (χ0n) is 14.4. The van der Waals surface area contributed by atoms with Crippen molar-refractivity contribution in [3.8, 4) is 0 Å². The second-order valence-corrected chi connectivity index (χ2v) is 5.78. The molecular weight excluding hydrogens is 325 g/mol. The van der Waals surface area contributed by atoms with Gasteiger partial charge in [0.25, 0.3) is 5.91 Å². The van der Waals surface area contributed by atoms with Crippen LogP contribution in [-0.4, -0.2) is 25.5 Å². The molecule has 0 unspecified atom stereocenters. The van der Waals surface area contributed by atoms with Gasteiger partial charge < -0.3 is 5.32 Å². The fraction of sp³-hybridized carbons (Fsp3) is 0.294. The lowest BCUT2D eigenvalue weighted by molar-refractivity contribution is 0.101. The van der Waals surface area contributed by atoms with Crippen molar-refractivity contribution in [2.75, 3.05) is 5.32 Å². The van der Waals surface area contributed by atoms with E-state index < -0.39 is 17.2 Å². The van der Waals surface area contributed by atoms with E-state index in [4.69, 9.17) is 0 Å². The smallest absolute Gasteiger partial charge is 0.280 e. The summed E-state index contributed by atoms with van der Waals surface area (Å²) < 4.78 is 16.6. The van der Waals surface area contributed by atoms with Gasteiger partial charge in [0, 0.05) is 13.6 Å². The number of benzene rings is 1. The zero-order valence-corrected chi connectivity index (χ0v) is 14.4. The lowest BCUT2D eigenvalue weighted by Gasteiger charge is -2.09. The molecule has 1 N–H and O–H groups in total. The number of hydrogen-bond acceptors (Lipinski definition) is 4. The van der Waals surface area contributed by atoms with Crippen LogP contribution < -0.4 is 10.7 Å². The lowest BCUT2D eigenvalue weighted by Crippen LogP contribution is -2.27. The quantitative estimate of drug-likeness (QED) is 0.790. The first-order valence-corrected chi connectivity index (χ1v) is 7.85. The minimum absolute atomic E-state index is 0.111. The molecule has 0 atom stereocenters. The van der Waals surface area contributed by atoms with Gasteiger partial charge in [0.15, 0.2) is 5.69 Å². The molecule has 3 rings (SSSR count). The van der Waals surface area contributed by atoms with Gasteiger partial charge >= 0.3 is 0 Å². The molecule has 7 nitrogen and oxygen atoms in total. The number of fused-ring (bicyclic) bond motifs is 1. The second-order valence-electron chi connectivity index (χ2n) is 5.78. The number of hydrogen-bond donors (Lipinski definition) is 1. The van der Waals surface area contributed by atoms with Crippen LogP contribution in [0.1, 0.15) is 28.8 Å². The van der Waals surface area contributed by atoms with Gasteiger partial charge in [-0.05, 0) is 39.0 Å². The van der Waals surface area contributed by atoms with E-state index in [-0.39, 0.29) is 11.1 Å². The maximum Gasteiger partial charge on any atom is 0.280 e. The third kappa shape index (κ3) is 2.79. The summed E-state index contributed by atoms with van der Waals surface area (Å²) >= 11 is 0. The van der Waals surface area contributed by atoms with Gasteiger partial charge in [-0.1, -0.05) is 0 Å². The molecule has 25 heavy (non-hydrogen) atoms. The van der Waals surface area contributed by atoms with Crippen LogP contribution in [0.5, 0.6) is 0 Å². The minimum Gasteiger partial charge on any atom is -0.317 e. The molecule has 2 heterocycles. The highest BCUT2D eigenvalue weighted by Gasteiger charge is 2.20. The second kappa shape index (κ2) is 6.12. The summed E-state index contributed by atoms with van der Waals surface area (Å²) in [6.07, 6.45) is 0. The Morgan fingerprint density at radius 3 is 2.64 bits per heavy atom. The van der Waals surface area contributed by atoms with Crippen LogP contribution in [0.3, 0.4) is 0 Å². The number of anilines is 1. The van der Waals surface area contributed by atoms with Crippen molar-refractivity contribution in [3.05, 3.63) is 51.3 Å². The van der Waals surface area contributed by atoms with E-state index in [9.17, 15) is 14.0 Å². The van der Waals surface area contributed by atoms with Crippen LogP contribution in [0, 0.1) is 19.7 Å². The highest BCUT2D eigenvalue weighted by molar-refractivity contribution is 6.04. The van der Waals surface area contributed by atoms with Crippen molar-refractivity contribution in [1.82, 2.24) is 19.6 Å². The molecule has 0 spiro atoms. The molecule has 3 aromatic rings. The van der Waals surface area contributed by atoms with Crippen LogP contribution in [0.4, 0.5) is 10.1 Å². The number of nitrogens with one attached hydrogen (secondary N) is 1. The molecule has 130 valence electrons. The first kappa shape index (κ1) is 16.8. The molecule has 0 aliphatic rings. The van der Waals surface area contributed by atoms with Gasteiger partial charge in [-0.15, -0.1) is 0 Å². The maximum absolute atomic E-state index is 13.5. The van der Waals surface area contributed by atoms with Crippen LogP contribution in [0.15, 0.2) is 23.0 Å². The lowest BCUT2D eigenvalue weighted by atomic mass is 10.2. The normalized spacial score (nSPS) is 11.1. The molecule has 1 amide bonds. The molecule has 0 aliphatic carbocycles. The standard InChI is InChI=1S/C17H18FN5O2/c1-5-23-10(3)14(9(2)20-23)19-17(25)15-16(24)12-8-11(18)6-7-13(12)22(4)21-15/h6-8H,5H2,1-4H3,(H,19,25). The third-order valence-corrected chi connectivity index (χ3v) is 4.15. The molecule has 0 saturated carbocycles. The van der Waals surface area contributed by atoms with Crippen molar-refractivity contribution in [2.45, 2.75) is 27.3 Å². The van der Waals surface area contributed by atoms with Crippen molar-refractivity contribution in [3.63, 3.8) is 0 Å². The summed E-state index contributed by atoms with van der Waals surface area (Å²) in [5.41, 5.74) is 1.55. The fourth-order valence-corrected chi connectivity index (χ4v) is 2.86. The first-order chi connectivity index (χ1) is 11.8. The number of aromatic nitrogens is 4. The van der Waals surface area contributed by atoms with Crippen molar-refractivity contribution >= 4 is 22.5 Å². The topological polar surface area (TPSA) is 81.8 Å². The average Bonchev–Trinajstić information content (AvgIpc) is 2.85. The molecule has 8 heteroatoms. The monoisotopic (exact) mass is 343 g/mol. The van der Waals surface area contributed by atoms with Gasteiger partial charge in [0.05, 0.1) is 28.0 Å². The number of nitrogens with zero attached hydrogens (tertiary/aromatic N) is 4. The number of amides is 1. The highest BCUT2D eigenvalue weighted by atomic mass is 19.1. The average molecular weight is 343 g/mol. The van der Waals surface area contributed by atoms with Crippen molar-refractivity contribution in [2.24, 2.45) is 7.05 Å². The SMILES string of the molecule is CCn1nc(C)c(NC(=O)c2nn(C)c3ccc(F)cc3c2=O)c1C. The van der Waals surface area contributed by atoms with E-state index in [1.807, 2.05) is 13.8 Å². The Balaban J connectivity index is 2.08. The zero-order chi connectivity index (χ0) is 18.3. The number of carbonyl (C=O) groups is 1. The Bertz CT molecular complexity index is 1050. The van der Waals surface area contributed by atoms with E-state index in [1.165, 1.54) is 16.8 Å². The molecule has 0 saturated heterocycles. The maximum atomic E-state index is 13.5. The molecular formula is C17H18FN5O2. The molecule has 0 bridgehead atoms. The molecule has 1 aromatic carbocycles. The summed E-state index contributed by atoms with van der Waals surface area (Å²) in [5.74, 6) is -1.19. The molecule has 0 fully saturated rings. The van der Waals surface area contributed by atoms with E-state index in [0.29, 0.717) is 23.4 Å². The van der Waals surface area contributed by atoms with Gasteiger partial charge in [0.1, 0.15) is 5.82 Å². The predicted molar refractivity (Wildman–Crippen MR) is 92.3 cm³/mol. The molecule has 2 aromatic heterocycles. The van der Waals surface area contributed by atoms with Gasteiger partial charge in [0.2, 0.25) is 5.43 Å². The van der Waals surface area contributed by atoms with E-state index in [1.54, 1.807) is 18.7 Å². The van der Waals surface area contributed by atoms with Crippen LogP contribution in [0.2, 0.25) is 0 Å². The van der Waals surface area contributed by atoms with E-state index >= 15 is 0 Å². The molecule has 0 radical (unpaired) electrons. The fourth-order valence-electron chi connectivity index (χ4n) is 2.86. The number of aryl methyl sites for hydroxylation is 3. The summed E-state index contributed by atoms with van der Waals surface area (Å²) in [7, 11) is 1.60. The molecule has 0 aliphatic heterocycles. The van der Waals surface area contributed by atoms with Crippen LogP contribution >= 0.6 is 0 Å². The summed E-state index contributed by atoms with van der Waals surface area (Å²) in [4.78, 5) is 25.2. The predicted octanol–water partition coefficient (Wildman–Crippen LogP) is 2.16. The Kier molecular flexibility index (Phi) is 4.12. The van der Waals surface area contributed by atoms with Crippen molar-refractivity contribution < 1.29 is 9.18 Å². The van der Waals surface area contributed by atoms with E-state index in [2.05, 4.69) is 15.5 Å². The summed E-state index contributed by atoms with van der Waals surface area (Å²) in [5, 5.41) is 11.2. The summed E-state index contributed by atoms with van der Waals surface area (Å²) in [6.45, 7) is 6.22.